The van der Waals surface area contributed by atoms with E-state index in [0.29, 0.717) is 6.04 Å². The minimum Gasteiger partial charge on any atom is -0.398 e. The number of nitrogen functional groups attached to an aromatic ring is 1. The van der Waals surface area contributed by atoms with E-state index < -0.39 is 0 Å². The van der Waals surface area contributed by atoms with E-state index >= 15 is 0 Å². The Balaban J connectivity index is 1.88. The molecule has 3 heteroatoms. The minimum atomic E-state index is 0.646. The van der Waals surface area contributed by atoms with Crippen LogP contribution in [0.15, 0.2) is 30.6 Å². The lowest BCUT2D eigenvalue weighted by molar-refractivity contribution is 0.313. The molecule has 1 fully saturated rings. The summed E-state index contributed by atoms with van der Waals surface area (Å²) in [4.78, 5) is 6.66. The fourth-order valence-corrected chi connectivity index (χ4v) is 3.64. The Hall–Kier alpha value is -1.77. The standard InChI is InChI=1S/C18H25N3/c1-3-13-4-6-14(7-5-13)21(2)18-9-8-17(19)16-12-20-11-10-15(16)18/h8-14H,3-7,19H2,1-2H3. The van der Waals surface area contributed by atoms with Gasteiger partial charge in [-0.15, -0.1) is 0 Å². The SMILES string of the molecule is CCC1CCC(N(C)c2ccc(N)c3cnccc23)CC1. The molecule has 0 bridgehead atoms. The normalized spacial score (nSPS) is 22.4. The van der Waals surface area contributed by atoms with Gasteiger partial charge in [-0.25, -0.2) is 0 Å². The molecule has 3 nitrogen and oxygen atoms in total. The molecule has 3 rings (SSSR count). The maximum Gasteiger partial charge on any atom is 0.0448 e. The van der Waals surface area contributed by atoms with Crippen LogP contribution < -0.4 is 10.6 Å². The van der Waals surface area contributed by atoms with Crippen molar-refractivity contribution < 1.29 is 0 Å². The molecule has 112 valence electrons. The first-order chi connectivity index (χ1) is 10.2. The number of nitrogens with two attached hydrogens (primary N) is 1. The number of hydrogen-bond acceptors (Lipinski definition) is 3. The third-order valence-corrected chi connectivity index (χ3v) is 5.15. The lowest BCUT2D eigenvalue weighted by Crippen LogP contribution is -2.35. The highest BCUT2D eigenvalue weighted by Gasteiger charge is 2.24. The van der Waals surface area contributed by atoms with Gasteiger partial charge in [-0.2, -0.15) is 0 Å². The fourth-order valence-electron chi connectivity index (χ4n) is 3.64. The van der Waals surface area contributed by atoms with E-state index in [9.17, 15) is 0 Å². The van der Waals surface area contributed by atoms with Crippen LogP contribution in [0, 0.1) is 5.92 Å². The third-order valence-electron chi connectivity index (χ3n) is 5.15. The molecule has 0 amide bonds. The lowest BCUT2D eigenvalue weighted by Gasteiger charge is -2.36. The van der Waals surface area contributed by atoms with Gasteiger partial charge in [0.05, 0.1) is 0 Å². The van der Waals surface area contributed by atoms with Crippen molar-refractivity contribution in [2.45, 2.75) is 45.1 Å². The van der Waals surface area contributed by atoms with E-state index in [1.54, 1.807) is 0 Å². The lowest BCUT2D eigenvalue weighted by atomic mass is 9.84. The molecule has 1 saturated carbocycles. The summed E-state index contributed by atoms with van der Waals surface area (Å²) in [7, 11) is 2.22. The molecular formula is C18H25N3. The van der Waals surface area contributed by atoms with Crippen molar-refractivity contribution in [3.05, 3.63) is 30.6 Å². The molecule has 1 aliphatic carbocycles. The van der Waals surface area contributed by atoms with Gasteiger partial charge in [0.15, 0.2) is 0 Å². The molecule has 1 aromatic carbocycles. The highest BCUT2D eigenvalue weighted by atomic mass is 15.1. The average Bonchev–Trinajstić information content (AvgIpc) is 2.55. The first-order valence-electron chi connectivity index (χ1n) is 8.05. The van der Waals surface area contributed by atoms with Gasteiger partial charge in [-0.3, -0.25) is 4.98 Å². The van der Waals surface area contributed by atoms with E-state index in [1.165, 1.54) is 43.2 Å². The van der Waals surface area contributed by atoms with Crippen molar-refractivity contribution in [2.24, 2.45) is 5.92 Å². The van der Waals surface area contributed by atoms with Crippen molar-refractivity contribution >= 4 is 22.1 Å². The summed E-state index contributed by atoms with van der Waals surface area (Å²) in [6.07, 6.45) is 10.4. The summed E-state index contributed by atoms with van der Waals surface area (Å²) in [5.41, 5.74) is 8.17. The molecule has 1 heterocycles. The number of nitrogens with zero attached hydrogens (tertiary/aromatic N) is 2. The van der Waals surface area contributed by atoms with Gasteiger partial charge in [-0.1, -0.05) is 13.3 Å². The maximum absolute atomic E-state index is 6.08. The predicted molar refractivity (Wildman–Crippen MR) is 90.6 cm³/mol. The predicted octanol–water partition coefficient (Wildman–Crippen LogP) is 4.22. The smallest absolute Gasteiger partial charge is 0.0448 e. The van der Waals surface area contributed by atoms with Gasteiger partial charge >= 0.3 is 0 Å². The summed E-state index contributed by atoms with van der Waals surface area (Å²) in [6.45, 7) is 2.31. The van der Waals surface area contributed by atoms with Crippen molar-refractivity contribution in [2.75, 3.05) is 17.7 Å². The summed E-state index contributed by atoms with van der Waals surface area (Å²) >= 11 is 0. The first-order valence-corrected chi connectivity index (χ1v) is 8.05. The molecule has 1 aliphatic rings. The number of hydrogen-bond donors (Lipinski definition) is 1. The van der Waals surface area contributed by atoms with Gasteiger partial charge in [0.2, 0.25) is 0 Å². The van der Waals surface area contributed by atoms with E-state index in [4.69, 9.17) is 5.73 Å². The van der Waals surface area contributed by atoms with Crippen LogP contribution in [0.4, 0.5) is 11.4 Å². The second-order valence-electron chi connectivity index (χ2n) is 6.29. The number of benzene rings is 1. The van der Waals surface area contributed by atoms with Crippen LogP contribution in [-0.2, 0) is 0 Å². The van der Waals surface area contributed by atoms with Crippen LogP contribution in [-0.4, -0.2) is 18.1 Å². The molecule has 0 radical (unpaired) electrons. The summed E-state index contributed by atoms with van der Waals surface area (Å²) < 4.78 is 0. The maximum atomic E-state index is 6.08. The molecular weight excluding hydrogens is 258 g/mol. The van der Waals surface area contributed by atoms with Crippen molar-refractivity contribution in [1.29, 1.82) is 0 Å². The van der Waals surface area contributed by atoms with Gasteiger partial charge < -0.3 is 10.6 Å². The Labute approximate surface area is 127 Å². The fraction of sp³-hybridized carbons (Fsp3) is 0.500. The van der Waals surface area contributed by atoms with Crippen molar-refractivity contribution in [1.82, 2.24) is 4.98 Å². The van der Waals surface area contributed by atoms with Gasteiger partial charge in [0.1, 0.15) is 0 Å². The molecule has 1 aromatic heterocycles. The van der Waals surface area contributed by atoms with E-state index in [0.717, 1.165) is 17.0 Å². The molecule has 0 spiro atoms. The van der Waals surface area contributed by atoms with Crippen molar-refractivity contribution in [3.63, 3.8) is 0 Å². The molecule has 2 aromatic rings. The number of rotatable bonds is 3. The summed E-state index contributed by atoms with van der Waals surface area (Å²) in [5.74, 6) is 0.932. The molecule has 0 atom stereocenters. The highest BCUT2D eigenvalue weighted by molar-refractivity contribution is 6.00. The number of fused-ring (bicyclic) bond motifs is 1. The Kier molecular flexibility index (Phi) is 4.00. The van der Waals surface area contributed by atoms with Gasteiger partial charge in [0.25, 0.3) is 0 Å². The van der Waals surface area contributed by atoms with E-state index in [2.05, 4.69) is 36.0 Å². The quantitative estimate of drug-likeness (QED) is 0.857. The van der Waals surface area contributed by atoms with E-state index in [-0.39, 0.29) is 0 Å². The topological polar surface area (TPSA) is 42.1 Å². The van der Waals surface area contributed by atoms with Crippen molar-refractivity contribution in [3.8, 4) is 0 Å². The summed E-state index contributed by atoms with van der Waals surface area (Å²) in [6, 6.07) is 6.89. The molecule has 0 aliphatic heterocycles. The third kappa shape index (κ3) is 2.69. The highest BCUT2D eigenvalue weighted by Crippen LogP contribution is 2.35. The zero-order valence-corrected chi connectivity index (χ0v) is 13.0. The number of aromatic nitrogens is 1. The molecule has 0 unspecified atom stereocenters. The number of pyridine rings is 1. The zero-order valence-electron chi connectivity index (χ0n) is 13.0. The Bertz CT molecular complexity index is 615. The Morgan fingerprint density at radius 1 is 1.14 bits per heavy atom. The van der Waals surface area contributed by atoms with Gasteiger partial charge in [0, 0.05) is 47.6 Å². The second-order valence-corrected chi connectivity index (χ2v) is 6.29. The van der Waals surface area contributed by atoms with Crippen LogP contribution in [0.5, 0.6) is 0 Å². The van der Waals surface area contributed by atoms with Crippen LogP contribution in [0.2, 0.25) is 0 Å². The van der Waals surface area contributed by atoms with Crippen LogP contribution in [0.3, 0.4) is 0 Å². The minimum absolute atomic E-state index is 0.646. The monoisotopic (exact) mass is 283 g/mol. The summed E-state index contributed by atoms with van der Waals surface area (Å²) in [5, 5.41) is 2.27. The van der Waals surface area contributed by atoms with Crippen LogP contribution in [0.1, 0.15) is 39.0 Å². The second kappa shape index (κ2) is 5.92. The molecule has 2 N–H and O–H groups in total. The molecule has 21 heavy (non-hydrogen) atoms. The van der Waals surface area contributed by atoms with Crippen LogP contribution in [0.25, 0.3) is 10.8 Å². The van der Waals surface area contributed by atoms with Crippen LogP contribution >= 0.6 is 0 Å². The van der Waals surface area contributed by atoms with Gasteiger partial charge in [-0.05, 0) is 49.8 Å². The molecule has 0 saturated heterocycles. The Morgan fingerprint density at radius 3 is 2.62 bits per heavy atom. The van der Waals surface area contributed by atoms with E-state index in [1.807, 2.05) is 18.5 Å². The number of anilines is 2. The zero-order chi connectivity index (χ0) is 14.8. The average molecular weight is 283 g/mol. The first kappa shape index (κ1) is 14.2. The Morgan fingerprint density at radius 2 is 1.90 bits per heavy atom. The largest absolute Gasteiger partial charge is 0.398 e.